The molecule has 422 valence electrons. The fourth-order valence-corrected chi connectivity index (χ4v) is 8.89. The average Bonchev–Trinajstić information content (AvgIpc) is 3.39. The fourth-order valence-electron chi connectivity index (χ4n) is 8.89. The Balaban J connectivity index is 4.41. The smallest absolute Gasteiger partial charge is 0.306 e. The van der Waals surface area contributed by atoms with E-state index >= 15 is 0 Å². The Morgan fingerprint density at radius 1 is 0.274 bits per heavy atom. The lowest BCUT2D eigenvalue weighted by atomic mass is 10.0. The summed E-state index contributed by atoms with van der Waals surface area (Å²) in [5.74, 6) is -0.912. The van der Waals surface area contributed by atoms with E-state index in [4.69, 9.17) is 14.2 Å². The van der Waals surface area contributed by atoms with Crippen LogP contribution in [0.15, 0.2) is 72.9 Å². The molecule has 0 aliphatic carbocycles. The van der Waals surface area contributed by atoms with Gasteiger partial charge in [0.25, 0.3) is 0 Å². The molecule has 0 amide bonds. The Hall–Kier alpha value is -3.15. The number of rotatable bonds is 57. The highest BCUT2D eigenvalue weighted by molar-refractivity contribution is 5.71. The summed E-state index contributed by atoms with van der Waals surface area (Å²) in [6.07, 6.45) is 79.0. The molecule has 0 aliphatic heterocycles. The summed E-state index contributed by atoms with van der Waals surface area (Å²) in [4.78, 5) is 38.3. The largest absolute Gasteiger partial charge is 0.462 e. The molecule has 0 N–H and O–H groups in total. The van der Waals surface area contributed by atoms with Crippen LogP contribution in [0.3, 0.4) is 0 Å². The van der Waals surface area contributed by atoms with Gasteiger partial charge in [-0.3, -0.25) is 14.4 Å². The molecular weight excluding hydrogens is 901 g/mol. The van der Waals surface area contributed by atoms with E-state index < -0.39 is 6.10 Å². The van der Waals surface area contributed by atoms with Crippen molar-refractivity contribution in [1.29, 1.82) is 0 Å². The topological polar surface area (TPSA) is 78.9 Å². The number of carbonyl (C=O) groups is 3. The van der Waals surface area contributed by atoms with Gasteiger partial charge in [0, 0.05) is 19.3 Å². The third-order valence-electron chi connectivity index (χ3n) is 13.7. The molecule has 6 heteroatoms. The van der Waals surface area contributed by atoms with Crippen molar-refractivity contribution in [2.45, 2.75) is 322 Å². The van der Waals surface area contributed by atoms with Gasteiger partial charge >= 0.3 is 17.9 Å². The van der Waals surface area contributed by atoms with Crippen LogP contribution in [0.1, 0.15) is 316 Å². The SMILES string of the molecule is CCCCC/C=C\C/C=C\C/C=C\C/C=C\CCCCCC(=O)O[C@@H](COC(=O)CCCCCCCCC/C=C\CCCCCC)COC(=O)CCCCCCCCCCCCC/C=C\CCCCCCCC. The van der Waals surface area contributed by atoms with Gasteiger partial charge < -0.3 is 14.2 Å². The lowest BCUT2D eigenvalue weighted by molar-refractivity contribution is -0.167. The van der Waals surface area contributed by atoms with E-state index in [1.807, 2.05) is 0 Å². The van der Waals surface area contributed by atoms with Gasteiger partial charge in [0.15, 0.2) is 6.10 Å². The van der Waals surface area contributed by atoms with Crippen molar-refractivity contribution < 1.29 is 28.6 Å². The lowest BCUT2D eigenvalue weighted by Gasteiger charge is -2.18. The van der Waals surface area contributed by atoms with E-state index in [0.717, 1.165) is 83.5 Å². The summed E-state index contributed by atoms with van der Waals surface area (Å²) in [5.41, 5.74) is 0. The van der Waals surface area contributed by atoms with Gasteiger partial charge in [-0.2, -0.15) is 0 Å². The first-order chi connectivity index (χ1) is 36.0. The van der Waals surface area contributed by atoms with Crippen LogP contribution in [0.2, 0.25) is 0 Å². The molecule has 0 heterocycles. The van der Waals surface area contributed by atoms with Crippen molar-refractivity contribution in [2.24, 2.45) is 0 Å². The molecule has 0 saturated carbocycles. The van der Waals surface area contributed by atoms with Crippen molar-refractivity contribution in [1.82, 2.24) is 0 Å². The van der Waals surface area contributed by atoms with Gasteiger partial charge in [-0.25, -0.2) is 0 Å². The van der Waals surface area contributed by atoms with Crippen LogP contribution >= 0.6 is 0 Å². The second-order valence-electron chi connectivity index (χ2n) is 21.0. The maximum atomic E-state index is 12.9. The molecule has 0 aromatic carbocycles. The summed E-state index contributed by atoms with van der Waals surface area (Å²) in [7, 11) is 0. The van der Waals surface area contributed by atoms with Crippen LogP contribution in [0.25, 0.3) is 0 Å². The molecular formula is C67H118O6. The molecule has 73 heavy (non-hydrogen) atoms. The van der Waals surface area contributed by atoms with Gasteiger partial charge in [-0.05, 0) is 116 Å². The van der Waals surface area contributed by atoms with Crippen LogP contribution in [0, 0.1) is 0 Å². The second-order valence-corrected chi connectivity index (χ2v) is 21.0. The lowest BCUT2D eigenvalue weighted by Crippen LogP contribution is -2.30. The van der Waals surface area contributed by atoms with Crippen molar-refractivity contribution in [3.05, 3.63) is 72.9 Å². The van der Waals surface area contributed by atoms with Crippen LogP contribution in [0.4, 0.5) is 0 Å². The van der Waals surface area contributed by atoms with E-state index in [9.17, 15) is 14.4 Å². The van der Waals surface area contributed by atoms with Crippen LogP contribution in [-0.4, -0.2) is 37.2 Å². The highest BCUT2D eigenvalue weighted by atomic mass is 16.6. The monoisotopic (exact) mass is 1020 g/mol. The summed E-state index contributed by atoms with van der Waals surface area (Å²) in [6.45, 7) is 6.60. The van der Waals surface area contributed by atoms with Gasteiger partial charge in [0.1, 0.15) is 13.2 Å². The fraction of sp³-hybridized carbons (Fsp3) is 0.776. The van der Waals surface area contributed by atoms with Gasteiger partial charge in [0.2, 0.25) is 0 Å². The van der Waals surface area contributed by atoms with Crippen LogP contribution < -0.4 is 0 Å². The molecule has 1 atom stereocenters. The third kappa shape index (κ3) is 59.6. The minimum atomic E-state index is -0.795. The van der Waals surface area contributed by atoms with E-state index in [2.05, 4.69) is 93.7 Å². The van der Waals surface area contributed by atoms with Crippen LogP contribution in [-0.2, 0) is 28.6 Å². The van der Waals surface area contributed by atoms with Gasteiger partial charge in [0.05, 0.1) is 0 Å². The summed E-state index contributed by atoms with van der Waals surface area (Å²) >= 11 is 0. The highest BCUT2D eigenvalue weighted by Gasteiger charge is 2.19. The van der Waals surface area contributed by atoms with E-state index in [-0.39, 0.29) is 31.1 Å². The van der Waals surface area contributed by atoms with Crippen molar-refractivity contribution in [3.63, 3.8) is 0 Å². The summed E-state index contributed by atoms with van der Waals surface area (Å²) < 4.78 is 16.9. The minimum Gasteiger partial charge on any atom is -0.462 e. The molecule has 0 unspecified atom stereocenters. The maximum absolute atomic E-state index is 12.9. The Morgan fingerprint density at radius 3 is 0.836 bits per heavy atom. The molecule has 0 aromatic heterocycles. The Kier molecular flexibility index (Phi) is 58.7. The van der Waals surface area contributed by atoms with Crippen molar-refractivity contribution in [3.8, 4) is 0 Å². The predicted molar refractivity (Wildman–Crippen MR) is 316 cm³/mol. The summed E-state index contributed by atoms with van der Waals surface area (Å²) in [6, 6.07) is 0. The molecule has 0 spiro atoms. The standard InChI is InChI=1S/C67H118O6/c1-4-7-10-13-16-19-22-25-28-30-32-33-35-36-39-42-45-48-51-54-57-60-66(69)72-63-64(62-71-65(68)59-56-53-50-47-44-41-38-27-24-21-18-15-12-9-6-3)73-67(70)61-58-55-52-49-46-43-40-37-34-31-29-26-23-20-17-14-11-8-5-2/h17,20-21,24-26,28-29,34,37,43,46,64H,4-16,18-19,22-23,27,30-33,35-36,38-42,44-45,47-63H2,1-3H3/b20-17-,24-21-,28-25-,29-26-,37-34-,46-43-/t64-/m0/s1. The number of ether oxygens (including phenoxy) is 3. The molecule has 0 saturated heterocycles. The quantitative estimate of drug-likeness (QED) is 0.0261. The third-order valence-corrected chi connectivity index (χ3v) is 13.7. The molecule has 0 rings (SSSR count). The van der Waals surface area contributed by atoms with E-state index in [1.54, 1.807) is 0 Å². The number of esters is 3. The maximum Gasteiger partial charge on any atom is 0.306 e. The molecule has 0 bridgehead atoms. The normalized spacial score (nSPS) is 12.5. The van der Waals surface area contributed by atoms with Crippen LogP contribution in [0.5, 0.6) is 0 Å². The molecule has 0 radical (unpaired) electrons. The van der Waals surface area contributed by atoms with E-state index in [0.29, 0.717) is 19.3 Å². The number of hydrogen-bond acceptors (Lipinski definition) is 6. The molecule has 0 fully saturated rings. The van der Waals surface area contributed by atoms with E-state index in [1.165, 1.54) is 193 Å². The number of unbranched alkanes of at least 4 members (excludes halogenated alkanes) is 34. The Morgan fingerprint density at radius 2 is 0.493 bits per heavy atom. The molecule has 6 nitrogen and oxygen atoms in total. The number of allylic oxidation sites excluding steroid dienone is 12. The molecule has 0 aliphatic rings. The Bertz CT molecular complexity index is 1360. The first kappa shape index (κ1) is 69.8. The number of carbonyl (C=O) groups excluding carboxylic acids is 3. The number of hydrogen-bond donors (Lipinski definition) is 0. The zero-order valence-electron chi connectivity index (χ0n) is 48.4. The minimum absolute atomic E-state index is 0.0887. The van der Waals surface area contributed by atoms with Crippen molar-refractivity contribution >= 4 is 17.9 Å². The first-order valence-electron chi connectivity index (χ1n) is 31.4. The first-order valence-corrected chi connectivity index (χ1v) is 31.4. The van der Waals surface area contributed by atoms with Gasteiger partial charge in [-0.1, -0.05) is 254 Å². The zero-order chi connectivity index (χ0) is 52.9. The van der Waals surface area contributed by atoms with Crippen molar-refractivity contribution in [2.75, 3.05) is 13.2 Å². The average molecular weight is 1020 g/mol. The zero-order valence-corrected chi connectivity index (χ0v) is 48.4. The Labute approximate surface area is 453 Å². The molecule has 0 aromatic rings. The highest BCUT2D eigenvalue weighted by Crippen LogP contribution is 2.16. The summed E-state index contributed by atoms with van der Waals surface area (Å²) in [5, 5.41) is 0. The van der Waals surface area contributed by atoms with Gasteiger partial charge in [-0.15, -0.1) is 0 Å². The predicted octanol–water partition coefficient (Wildman–Crippen LogP) is 21.3. The second kappa shape index (κ2) is 61.4.